The van der Waals surface area contributed by atoms with Crippen molar-refractivity contribution in [2.24, 2.45) is 4.99 Å². The smallest absolute Gasteiger partial charge is 0.164 e. The number of aldehydes is 1. The second-order valence-corrected chi connectivity index (χ2v) is 10.7. The third-order valence-electron chi connectivity index (χ3n) is 6.05. The van der Waals surface area contributed by atoms with Crippen molar-refractivity contribution < 1.29 is 22.7 Å². The van der Waals surface area contributed by atoms with Crippen LogP contribution in [0.4, 0.5) is 4.39 Å². The molecule has 33 heavy (non-hydrogen) atoms. The van der Waals surface area contributed by atoms with Gasteiger partial charge in [-0.3, -0.25) is 4.99 Å². The van der Waals surface area contributed by atoms with Crippen molar-refractivity contribution in [3.8, 4) is 5.75 Å². The molecular formula is C25H25FN2O4S. The minimum atomic E-state index is -3.24. The number of sulfone groups is 1. The zero-order valence-corrected chi connectivity index (χ0v) is 19.4. The van der Waals surface area contributed by atoms with Crippen LogP contribution in [0, 0.1) is 5.82 Å². The summed E-state index contributed by atoms with van der Waals surface area (Å²) in [4.78, 5) is 18.3. The van der Waals surface area contributed by atoms with Gasteiger partial charge < -0.3 is 14.8 Å². The quantitative estimate of drug-likeness (QED) is 0.679. The number of hydrogen-bond acceptors (Lipinski definition) is 6. The molecule has 4 rings (SSSR count). The van der Waals surface area contributed by atoms with Crippen LogP contribution in [-0.4, -0.2) is 55.3 Å². The van der Waals surface area contributed by atoms with Crippen molar-refractivity contribution in [3.05, 3.63) is 82.3 Å². The number of likely N-dealkylation sites (N-methyl/N-ethyl adjacent to an activating group) is 1. The molecule has 0 saturated carbocycles. The molecule has 0 saturated heterocycles. The molecule has 0 spiro atoms. The molecule has 1 N–H and O–H groups in total. The fourth-order valence-corrected chi connectivity index (χ4v) is 5.06. The van der Waals surface area contributed by atoms with Crippen molar-refractivity contribution in [2.45, 2.75) is 31.7 Å². The highest BCUT2D eigenvalue weighted by molar-refractivity contribution is 7.90. The van der Waals surface area contributed by atoms with Crippen LogP contribution in [0.2, 0.25) is 0 Å². The van der Waals surface area contributed by atoms with Crippen molar-refractivity contribution in [3.63, 3.8) is 0 Å². The normalized spacial score (nSPS) is 20.1. The third-order valence-corrected chi connectivity index (χ3v) is 7.70. The molecular weight excluding hydrogens is 443 g/mol. The average molecular weight is 469 g/mol. The first-order valence-corrected chi connectivity index (χ1v) is 12.5. The lowest BCUT2D eigenvalue weighted by Crippen LogP contribution is -2.31. The van der Waals surface area contributed by atoms with Gasteiger partial charge in [0, 0.05) is 35.7 Å². The van der Waals surface area contributed by atoms with Gasteiger partial charge >= 0.3 is 0 Å². The Morgan fingerprint density at radius 2 is 1.94 bits per heavy atom. The lowest BCUT2D eigenvalue weighted by atomic mass is 9.87. The molecule has 2 aromatic carbocycles. The summed E-state index contributed by atoms with van der Waals surface area (Å²) < 4.78 is 38.3. The number of hydrogen-bond donors (Lipinski definition) is 1. The summed E-state index contributed by atoms with van der Waals surface area (Å²) in [6.07, 6.45) is 4.59. The molecule has 2 aromatic rings. The summed E-state index contributed by atoms with van der Waals surface area (Å²) in [6, 6.07) is 8.72. The van der Waals surface area contributed by atoms with Crippen LogP contribution in [0.5, 0.6) is 5.75 Å². The number of carbonyl (C=O) groups excluding carboxylic acids is 1. The standard InChI is InChI=1S/C25H25FN2O4S/c1-4-33(31,32)14-16-5-7-19-21(9-16)22-12-28(3)18(13-29)11-20(22)15(2)27-25(19)17-6-8-23(26)24(30)10-17/h5-13,15,18,30H,4,14H2,1-3H3/t15-,18?/m0/s1. The minimum Gasteiger partial charge on any atom is -0.505 e. The lowest BCUT2D eigenvalue weighted by Gasteiger charge is -2.29. The molecule has 2 aliphatic rings. The van der Waals surface area contributed by atoms with E-state index in [9.17, 15) is 22.7 Å². The summed E-state index contributed by atoms with van der Waals surface area (Å²) in [6.45, 7) is 3.52. The molecule has 2 heterocycles. The molecule has 1 unspecified atom stereocenters. The second-order valence-electron chi connectivity index (χ2n) is 8.33. The number of phenolic OH excluding ortho intramolecular Hbond substituents is 1. The van der Waals surface area contributed by atoms with Gasteiger partial charge in [-0.2, -0.15) is 0 Å². The Kier molecular flexibility index (Phi) is 5.97. The molecule has 0 amide bonds. The van der Waals surface area contributed by atoms with Gasteiger partial charge in [-0.1, -0.05) is 19.1 Å². The van der Waals surface area contributed by atoms with Gasteiger partial charge in [0.2, 0.25) is 0 Å². The van der Waals surface area contributed by atoms with Crippen molar-refractivity contribution in [2.75, 3.05) is 12.8 Å². The summed E-state index contributed by atoms with van der Waals surface area (Å²) >= 11 is 0. The Morgan fingerprint density at radius 1 is 1.18 bits per heavy atom. The number of aromatic hydroxyl groups is 1. The maximum absolute atomic E-state index is 13.7. The molecule has 2 aliphatic heterocycles. The zero-order chi connectivity index (χ0) is 23.9. The summed E-state index contributed by atoms with van der Waals surface area (Å²) in [7, 11) is -1.44. The number of benzene rings is 2. The number of aliphatic imine (C=N–C) groups is 1. The molecule has 6 nitrogen and oxygen atoms in total. The van der Waals surface area contributed by atoms with Gasteiger partial charge in [-0.25, -0.2) is 12.8 Å². The summed E-state index contributed by atoms with van der Waals surface area (Å²) in [5.74, 6) is -1.25. The van der Waals surface area contributed by atoms with Crippen LogP contribution in [0.25, 0.3) is 5.57 Å². The van der Waals surface area contributed by atoms with Crippen LogP contribution in [0.15, 0.2) is 59.2 Å². The first-order valence-electron chi connectivity index (χ1n) is 10.7. The van der Waals surface area contributed by atoms with E-state index >= 15 is 0 Å². The van der Waals surface area contributed by atoms with Gasteiger partial charge in [-0.15, -0.1) is 0 Å². The predicted molar refractivity (Wildman–Crippen MR) is 126 cm³/mol. The fraction of sp³-hybridized carbons (Fsp3) is 0.280. The van der Waals surface area contributed by atoms with E-state index < -0.39 is 27.4 Å². The van der Waals surface area contributed by atoms with E-state index in [2.05, 4.69) is 0 Å². The fourth-order valence-electron chi connectivity index (χ4n) is 4.17. The summed E-state index contributed by atoms with van der Waals surface area (Å²) in [5, 5.41) is 9.96. The van der Waals surface area contributed by atoms with Crippen LogP contribution >= 0.6 is 0 Å². The number of carbonyl (C=O) groups is 1. The average Bonchev–Trinajstić information content (AvgIpc) is 2.89. The molecule has 0 radical (unpaired) electrons. The van der Waals surface area contributed by atoms with E-state index in [1.165, 1.54) is 12.1 Å². The van der Waals surface area contributed by atoms with E-state index in [0.29, 0.717) is 16.8 Å². The third kappa shape index (κ3) is 4.35. The van der Waals surface area contributed by atoms with Crippen LogP contribution in [0.1, 0.15) is 36.1 Å². The summed E-state index contributed by atoms with van der Waals surface area (Å²) in [5.41, 5.74) is 4.94. The molecule has 0 aliphatic carbocycles. The van der Waals surface area contributed by atoms with Crippen molar-refractivity contribution >= 4 is 27.4 Å². The predicted octanol–water partition coefficient (Wildman–Crippen LogP) is 3.49. The van der Waals surface area contributed by atoms with E-state index in [1.54, 1.807) is 31.0 Å². The van der Waals surface area contributed by atoms with Crippen molar-refractivity contribution in [1.29, 1.82) is 0 Å². The van der Waals surface area contributed by atoms with E-state index in [1.807, 2.05) is 31.3 Å². The molecule has 8 heteroatoms. The Morgan fingerprint density at radius 3 is 2.61 bits per heavy atom. The number of phenols is 1. The van der Waals surface area contributed by atoms with Crippen LogP contribution in [-0.2, 0) is 20.4 Å². The molecule has 0 aromatic heterocycles. The largest absolute Gasteiger partial charge is 0.505 e. The van der Waals surface area contributed by atoms with Gasteiger partial charge in [0.15, 0.2) is 21.4 Å². The Bertz CT molecular complexity index is 1330. The van der Waals surface area contributed by atoms with Crippen molar-refractivity contribution in [1.82, 2.24) is 4.90 Å². The van der Waals surface area contributed by atoms with Gasteiger partial charge in [0.1, 0.15) is 12.3 Å². The van der Waals surface area contributed by atoms with Gasteiger partial charge in [0.25, 0.3) is 0 Å². The minimum absolute atomic E-state index is 0.0419. The maximum atomic E-state index is 13.7. The van der Waals surface area contributed by atoms with E-state index in [0.717, 1.165) is 28.6 Å². The Labute approximate surface area is 192 Å². The second kappa shape index (κ2) is 8.59. The number of nitrogens with zero attached hydrogens (tertiary/aromatic N) is 2. The SMILES string of the molecule is CCS(=O)(=O)Cc1ccc2c(c1)C1=CN(C)C(C=O)C=C1[C@H](C)N=C2c1ccc(F)c(O)c1. The molecule has 172 valence electrons. The topological polar surface area (TPSA) is 87.0 Å². The molecule has 0 fully saturated rings. The van der Waals surface area contributed by atoms with E-state index in [-0.39, 0.29) is 17.5 Å². The van der Waals surface area contributed by atoms with E-state index in [4.69, 9.17) is 4.99 Å². The number of rotatable bonds is 5. The number of halogens is 1. The highest BCUT2D eigenvalue weighted by atomic mass is 32.2. The first-order chi connectivity index (χ1) is 15.6. The zero-order valence-electron chi connectivity index (χ0n) is 18.6. The molecule has 2 atom stereocenters. The van der Waals surface area contributed by atoms with Gasteiger partial charge in [0.05, 0.1) is 17.5 Å². The van der Waals surface area contributed by atoms with Crippen LogP contribution < -0.4 is 0 Å². The molecule has 0 bridgehead atoms. The van der Waals surface area contributed by atoms with Gasteiger partial charge in [-0.05, 0) is 54.0 Å². The highest BCUT2D eigenvalue weighted by Crippen LogP contribution is 2.38. The first kappa shape index (κ1) is 22.9. The number of fused-ring (bicyclic) bond motifs is 3. The monoisotopic (exact) mass is 468 g/mol. The Balaban J connectivity index is 1.96. The van der Waals surface area contributed by atoms with Crippen LogP contribution in [0.3, 0.4) is 0 Å². The Hall–Kier alpha value is -3.26. The lowest BCUT2D eigenvalue weighted by molar-refractivity contribution is -0.110. The highest BCUT2D eigenvalue weighted by Gasteiger charge is 2.30. The maximum Gasteiger partial charge on any atom is 0.164 e.